The summed E-state index contributed by atoms with van der Waals surface area (Å²) in [6.07, 6.45) is 3.05. The van der Waals surface area contributed by atoms with Crippen LogP contribution in [0.5, 0.6) is 0 Å². The van der Waals surface area contributed by atoms with Gasteiger partial charge in [0.2, 0.25) is 11.8 Å². The molecule has 2 N–H and O–H groups in total. The van der Waals surface area contributed by atoms with E-state index < -0.39 is 5.60 Å². The monoisotopic (exact) mass is 256 g/mol. The number of nitrogens with one attached hydrogen (secondary N) is 1. The fourth-order valence-electron chi connectivity index (χ4n) is 2.03. The number of nitrogens with zero attached hydrogens (tertiary/aromatic N) is 1. The number of aliphatic hydroxyl groups is 1. The van der Waals surface area contributed by atoms with Gasteiger partial charge in [-0.1, -0.05) is 13.8 Å². The van der Waals surface area contributed by atoms with Gasteiger partial charge in [0.1, 0.15) is 0 Å². The summed E-state index contributed by atoms with van der Waals surface area (Å²) in [5, 5.41) is 12.8. The molecule has 2 amide bonds. The van der Waals surface area contributed by atoms with E-state index in [0.717, 1.165) is 13.0 Å². The third-order valence-electron chi connectivity index (χ3n) is 3.71. The predicted octanol–water partition coefficient (Wildman–Crippen LogP) is 0.666. The number of rotatable bonds is 7. The van der Waals surface area contributed by atoms with E-state index in [1.165, 1.54) is 0 Å². The lowest BCUT2D eigenvalue weighted by molar-refractivity contribution is -0.128. The topological polar surface area (TPSA) is 69.6 Å². The first-order chi connectivity index (χ1) is 8.50. The van der Waals surface area contributed by atoms with Crippen molar-refractivity contribution in [1.82, 2.24) is 10.2 Å². The summed E-state index contributed by atoms with van der Waals surface area (Å²) in [5.74, 6) is 0.0384. The van der Waals surface area contributed by atoms with Gasteiger partial charge >= 0.3 is 0 Å². The van der Waals surface area contributed by atoms with E-state index >= 15 is 0 Å². The van der Waals surface area contributed by atoms with Crippen molar-refractivity contribution in [3.8, 4) is 0 Å². The molecule has 0 unspecified atom stereocenters. The van der Waals surface area contributed by atoms with Crippen molar-refractivity contribution in [2.24, 2.45) is 0 Å². The van der Waals surface area contributed by atoms with Gasteiger partial charge < -0.3 is 15.3 Å². The second kappa shape index (κ2) is 6.73. The quantitative estimate of drug-likeness (QED) is 0.703. The average molecular weight is 256 g/mol. The van der Waals surface area contributed by atoms with E-state index in [1.807, 2.05) is 13.8 Å². The Hall–Kier alpha value is -1.10. The van der Waals surface area contributed by atoms with Crippen molar-refractivity contribution >= 4 is 11.8 Å². The fourth-order valence-corrected chi connectivity index (χ4v) is 2.03. The van der Waals surface area contributed by atoms with E-state index in [0.29, 0.717) is 32.2 Å². The van der Waals surface area contributed by atoms with E-state index in [1.54, 1.807) is 4.90 Å². The van der Waals surface area contributed by atoms with Gasteiger partial charge in [0.15, 0.2) is 0 Å². The van der Waals surface area contributed by atoms with Crippen molar-refractivity contribution in [3.05, 3.63) is 0 Å². The summed E-state index contributed by atoms with van der Waals surface area (Å²) in [5.41, 5.74) is -0.806. The highest BCUT2D eigenvalue weighted by molar-refractivity contribution is 5.80. The molecule has 0 radical (unpaired) electrons. The molecule has 18 heavy (non-hydrogen) atoms. The fraction of sp³-hybridized carbons (Fsp3) is 0.846. The van der Waals surface area contributed by atoms with Crippen molar-refractivity contribution in [1.29, 1.82) is 0 Å². The molecule has 0 aromatic carbocycles. The summed E-state index contributed by atoms with van der Waals surface area (Å²) < 4.78 is 0. The third kappa shape index (κ3) is 4.29. The van der Waals surface area contributed by atoms with Gasteiger partial charge in [-0.3, -0.25) is 9.59 Å². The Balaban J connectivity index is 2.23. The standard InChI is InChI=1S/C13H24N2O3/c1-3-13(18,4-2)10-14-11(16)7-9-15-8-5-6-12(15)17/h18H,3-10H2,1-2H3,(H,14,16). The molecule has 1 fully saturated rings. The predicted molar refractivity (Wildman–Crippen MR) is 69.0 cm³/mol. The molecule has 0 saturated carbocycles. The van der Waals surface area contributed by atoms with Crippen LogP contribution in [0.3, 0.4) is 0 Å². The Morgan fingerprint density at radius 1 is 1.44 bits per heavy atom. The van der Waals surface area contributed by atoms with Crippen LogP contribution in [0, 0.1) is 0 Å². The van der Waals surface area contributed by atoms with Crippen LogP contribution < -0.4 is 5.32 Å². The summed E-state index contributed by atoms with van der Waals surface area (Å²) in [6, 6.07) is 0. The number of likely N-dealkylation sites (tertiary alicyclic amines) is 1. The van der Waals surface area contributed by atoms with Crippen LogP contribution in [-0.4, -0.2) is 47.1 Å². The molecule has 5 heteroatoms. The number of amides is 2. The molecule has 0 spiro atoms. The van der Waals surface area contributed by atoms with Gasteiger partial charge in [0.05, 0.1) is 5.60 Å². The van der Waals surface area contributed by atoms with E-state index in [-0.39, 0.29) is 18.4 Å². The first-order valence-electron chi connectivity index (χ1n) is 6.77. The molecular formula is C13H24N2O3. The highest BCUT2D eigenvalue weighted by Gasteiger charge is 2.24. The summed E-state index contributed by atoms with van der Waals surface area (Å²) >= 11 is 0. The van der Waals surface area contributed by atoms with Crippen LogP contribution in [0.2, 0.25) is 0 Å². The second-order valence-electron chi connectivity index (χ2n) is 4.94. The maximum atomic E-state index is 11.6. The molecule has 0 atom stereocenters. The number of carbonyl (C=O) groups excluding carboxylic acids is 2. The van der Waals surface area contributed by atoms with Gasteiger partial charge in [-0.2, -0.15) is 0 Å². The summed E-state index contributed by atoms with van der Waals surface area (Å²) in [4.78, 5) is 24.7. The molecule has 0 bridgehead atoms. The number of hydrogen-bond donors (Lipinski definition) is 2. The minimum atomic E-state index is -0.806. The zero-order valence-corrected chi connectivity index (χ0v) is 11.4. The van der Waals surface area contributed by atoms with Crippen LogP contribution in [-0.2, 0) is 9.59 Å². The Kier molecular flexibility index (Phi) is 5.59. The van der Waals surface area contributed by atoms with Gasteiger partial charge in [0.25, 0.3) is 0 Å². The van der Waals surface area contributed by atoms with Crippen molar-refractivity contribution in [2.45, 2.75) is 51.6 Å². The molecular weight excluding hydrogens is 232 g/mol. The van der Waals surface area contributed by atoms with Crippen molar-refractivity contribution in [2.75, 3.05) is 19.6 Å². The van der Waals surface area contributed by atoms with Crippen LogP contribution in [0.15, 0.2) is 0 Å². The lowest BCUT2D eigenvalue weighted by Crippen LogP contribution is -2.42. The molecule has 1 rings (SSSR count). The number of hydrogen-bond acceptors (Lipinski definition) is 3. The Morgan fingerprint density at radius 3 is 2.61 bits per heavy atom. The molecule has 1 aliphatic rings. The van der Waals surface area contributed by atoms with Crippen molar-refractivity contribution < 1.29 is 14.7 Å². The molecule has 104 valence electrons. The van der Waals surface area contributed by atoms with E-state index in [2.05, 4.69) is 5.32 Å². The molecule has 1 aliphatic heterocycles. The zero-order valence-electron chi connectivity index (χ0n) is 11.4. The van der Waals surface area contributed by atoms with Crippen LogP contribution in [0.1, 0.15) is 46.0 Å². The first-order valence-corrected chi connectivity index (χ1v) is 6.77. The minimum Gasteiger partial charge on any atom is -0.388 e. The van der Waals surface area contributed by atoms with E-state index in [4.69, 9.17) is 0 Å². The molecule has 0 aromatic rings. The second-order valence-corrected chi connectivity index (χ2v) is 4.94. The number of carbonyl (C=O) groups is 2. The first kappa shape index (κ1) is 15.0. The summed E-state index contributed by atoms with van der Waals surface area (Å²) in [7, 11) is 0. The minimum absolute atomic E-state index is 0.102. The Labute approximate surface area is 109 Å². The normalized spacial score (nSPS) is 16.2. The molecule has 0 aliphatic carbocycles. The van der Waals surface area contributed by atoms with Gasteiger partial charge in [-0.25, -0.2) is 0 Å². The van der Waals surface area contributed by atoms with E-state index in [9.17, 15) is 14.7 Å². The van der Waals surface area contributed by atoms with Gasteiger partial charge in [0, 0.05) is 32.5 Å². The molecule has 1 heterocycles. The maximum absolute atomic E-state index is 11.6. The van der Waals surface area contributed by atoms with Gasteiger partial charge in [-0.15, -0.1) is 0 Å². The average Bonchev–Trinajstić information content (AvgIpc) is 2.79. The Morgan fingerprint density at radius 2 is 2.11 bits per heavy atom. The van der Waals surface area contributed by atoms with Crippen LogP contribution in [0.25, 0.3) is 0 Å². The van der Waals surface area contributed by atoms with Crippen molar-refractivity contribution in [3.63, 3.8) is 0 Å². The lowest BCUT2D eigenvalue weighted by atomic mass is 9.97. The molecule has 0 aromatic heterocycles. The smallest absolute Gasteiger partial charge is 0.222 e. The SMILES string of the molecule is CCC(O)(CC)CNC(=O)CCN1CCCC1=O. The maximum Gasteiger partial charge on any atom is 0.222 e. The third-order valence-corrected chi connectivity index (χ3v) is 3.71. The van der Waals surface area contributed by atoms with Crippen LogP contribution in [0.4, 0.5) is 0 Å². The lowest BCUT2D eigenvalue weighted by Gasteiger charge is -2.25. The zero-order chi connectivity index (χ0) is 13.6. The highest BCUT2D eigenvalue weighted by Crippen LogP contribution is 2.13. The largest absolute Gasteiger partial charge is 0.388 e. The highest BCUT2D eigenvalue weighted by atomic mass is 16.3. The Bertz CT molecular complexity index is 301. The molecule has 5 nitrogen and oxygen atoms in total. The molecule has 1 saturated heterocycles. The van der Waals surface area contributed by atoms with Crippen LogP contribution >= 0.6 is 0 Å². The summed E-state index contributed by atoms with van der Waals surface area (Å²) in [6.45, 7) is 5.34. The van der Waals surface area contributed by atoms with Gasteiger partial charge in [-0.05, 0) is 19.3 Å².